The highest BCUT2D eigenvalue weighted by Gasteiger charge is 2.66. The maximum absolute atomic E-state index is 13.0. The number of carboxylic acid groups (broad SMARTS) is 1. The topological polar surface area (TPSA) is 95.9 Å². The predicted molar refractivity (Wildman–Crippen MR) is 124 cm³/mol. The largest absolute Gasteiger partial charge is 0.481 e. The first-order valence-corrected chi connectivity index (χ1v) is 12.1. The fourth-order valence-corrected chi connectivity index (χ4v) is 6.50. The normalized spacial score (nSPS) is 26.8. The van der Waals surface area contributed by atoms with Crippen LogP contribution in [0.15, 0.2) is 48.5 Å². The summed E-state index contributed by atoms with van der Waals surface area (Å²) in [5.74, 6) is -0.291. The van der Waals surface area contributed by atoms with Gasteiger partial charge in [0.05, 0.1) is 11.8 Å². The number of nitrogens with one attached hydrogen (secondary N) is 1. The standard InChI is InChI=1S/C27H28N2O5/c30-24(31)9-16-13-29(14-16)25(32)27-11-17(27)10-18(12-27)28-26(33)34-15-23-21-7-3-1-5-19(21)20-6-2-4-8-22(20)23/h1-8,16-18,23H,9-15H2,(H,28,33)(H,30,31)/t17-,18+,27+/m1/s1. The number of likely N-dealkylation sites (tertiary alicyclic amines) is 1. The predicted octanol–water partition coefficient (Wildman–Crippen LogP) is 3.63. The first-order valence-electron chi connectivity index (χ1n) is 12.1. The van der Waals surface area contributed by atoms with Gasteiger partial charge in [-0.25, -0.2) is 4.79 Å². The van der Waals surface area contributed by atoms with Crippen LogP contribution < -0.4 is 5.32 Å². The Morgan fingerprint density at radius 2 is 1.65 bits per heavy atom. The number of aliphatic carboxylic acids is 1. The first-order chi connectivity index (χ1) is 16.4. The molecule has 2 saturated carbocycles. The van der Waals surface area contributed by atoms with Crippen LogP contribution >= 0.6 is 0 Å². The molecule has 1 aliphatic heterocycles. The van der Waals surface area contributed by atoms with Crippen LogP contribution in [0.3, 0.4) is 0 Å². The maximum atomic E-state index is 13.0. The molecule has 3 aliphatic carbocycles. The first kappa shape index (κ1) is 21.2. The van der Waals surface area contributed by atoms with Gasteiger partial charge in [-0.05, 0) is 47.4 Å². The summed E-state index contributed by atoms with van der Waals surface area (Å²) < 4.78 is 5.67. The number of fused-ring (bicyclic) bond motifs is 4. The van der Waals surface area contributed by atoms with Crippen molar-refractivity contribution in [2.75, 3.05) is 19.7 Å². The molecule has 34 heavy (non-hydrogen) atoms. The van der Waals surface area contributed by atoms with E-state index in [0.29, 0.717) is 25.4 Å². The number of amides is 2. The van der Waals surface area contributed by atoms with Gasteiger partial charge in [-0.3, -0.25) is 9.59 Å². The summed E-state index contributed by atoms with van der Waals surface area (Å²) >= 11 is 0. The van der Waals surface area contributed by atoms with E-state index in [2.05, 4.69) is 29.6 Å². The number of nitrogens with zero attached hydrogens (tertiary/aromatic N) is 1. The number of carbonyl (C=O) groups is 3. The van der Waals surface area contributed by atoms with E-state index in [9.17, 15) is 14.4 Å². The van der Waals surface area contributed by atoms with Gasteiger partial charge in [0.15, 0.2) is 0 Å². The molecule has 3 atom stereocenters. The Hall–Kier alpha value is -3.35. The van der Waals surface area contributed by atoms with Crippen molar-refractivity contribution in [1.82, 2.24) is 10.2 Å². The van der Waals surface area contributed by atoms with Gasteiger partial charge in [0.1, 0.15) is 6.61 Å². The van der Waals surface area contributed by atoms with E-state index in [1.807, 2.05) is 24.3 Å². The Morgan fingerprint density at radius 1 is 1.00 bits per heavy atom. The Balaban J connectivity index is 1.03. The molecule has 0 radical (unpaired) electrons. The van der Waals surface area contributed by atoms with Crippen molar-refractivity contribution >= 4 is 18.0 Å². The number of carbonyl (C=O) groups excluding carboxylic acids is 2. The van der Waals surface area contributed by atoms with Crippen LogP contribution in [0.5, 0.6) is 0 Å². The average molecular weight is 461 g/mol. The molecule has 0 spiro atoms. The van der Waals surface area contributed by atoms with Gasteiger partial charge in [-0.15, -0.1) is 0 Å². The van der Waals surface area contributed by atoms with Crippen molar-refractivity contribution in [2.24, 2.45) is 17.3 Å². The van der Waals surface area contributed by atoms with Crippen LogP contribution in [-0.4, -0.2) is 53.7 Å². The Morgan fingerprint density at radius 3 is 2.29 bits per heavy atom. The zero-order valence-corrected chi connectivity index (χ0v) is 18.9. The molecule has 7 heteroatoms. The van der Waals surface area contributed by atoms with Gasteiger partial charge in [0.25, 0.3) is 0 Å². The number of ether oxygens (including phenoxy) is 1. The van der Waals surface area contributed by atoms with Gasteiger partial charge in [-0.2, -0.15) is 0 Å². The van der Waals surface area contributed by atoms with E-state index in [-0.39, 0.29) is 42.2 Å². The highest BCUT2D eigenvalue weighted by molar-refractivity contribution is 5.88. The molecule has 2 aromatic carbocycles. The summed E-state index contributed by atoms with van der Waals surface area (Å²) in [7, 11) is 0. The number of benzene rings is 2. The van der Waals surface area contributed by atoms with Crippen LogP contribution in [0.25, 0.3) is 11.1 Å². The van der Waals surface area contributed by atoms with Gasteiger partial charge in [-0.1, -0.05) is 48.5 Å². The van der Waals surface area contributed by atoms with Crippen molar-refractivity contribution in [3.63, 3.8) is 0 Å². The summed E-state index contributed by atoms with van der Waals surface area (Å²) in [6, 6.07) is 16.4. The van der Waals surface area contributed by atoms with E-state index in [1.54, 1.807) is 4.90 Å². The summed E-state index contributed by atoms with van der Waals surface area (Å²) in [5, 5.41) is 11.9. The molecule has 1 saturated heterocycles. The highest BCUT2D eigenvalue weighted by Crippen LogP contribution is 2.64. The molecular formula is C27H28N2O5. The SMILES string of the molecule is O=C(O)CC1CN(C(=O)[C@@]23C[C@@H](NC(=O)OCC4c5ccccc5-c5ccccc54)C[C@@H]2C3)C1. The van der Waals surface area contributed by atoms with E-state index >= 15 is 0 Å². The minimum Gasteiger partial charge on any atom is -0.481 e. The van der Waals surface area contributed by atoms with Crippen molar-refractivity contribution in [3.05, 3.63) is 59.7 Å². The Bertz CT molecular complexity index is 1130. The lowest BCUT2D eigenvalue weighted by Crippen LogP contribution is -2.53. The molecular weight excluding hydrogens is 432 g/mol. The zero-order chi connectivity index (χ0) is 23.4. The second kappa shape index (κ2) is 7.86. The third-order valence-corrected chi connectivity index (χ3v) is 8.21. The van der Waals surface area contributed by atoms with Crippen LogP contribution in [0.2, 0.25) is 0 Å². The fourth-order valence-electron chi connectivity index (χ4n) is 6.50. The van der Waals surface area contributed by atoms with E-state index in [1.165, 1.54) is 22.3 Å². The smallest absolute Gasteiger partial charge is 0.407 e. The van der Waals surface area contributed by atoms with Crippen LogP contribution in [0, 0.1) is 17.3 Å². The molecule has 1 heterocycles. The van der Waals surface area contributed by atoms with Crippen molar-refractivity contribution in [2.45, 2.75) is 37.6 Å². The molecule has 7 nitrogen and oxygen atoms in total. The molecule has 3 fully saturated rings. The van der Waals surface area contributed by atoms with Crippen molar-refractivity contribution in [1.29, 1.82) is 0 Å². The molecule has 0 bridgehead atoms. The molecule has 0 unspecified atom stereocenters. The number of hydrogen-bond acceptors (Lipinski definition) is 4. The zero-order valence-electron chi connectivity index (χ0n) is 18.9. The number of alkyl carbamates (subject to hydrolysis) is 1. The molecule has 4 aliphatic rings. The van der Waals surface area contributed by atoms with Crippen molar-refractivity contribution in [3.8, 4) is 11.1 Å². The second-order valence-corrected chi connectivity index (χ2v) is 10.3. The average Bonchev–Trinajstić information content (AvgIpc) is 3.22. The lowest BCUT2D eigenvalue weighted by molar-refractivity contribution is -0.148. The molecule has 2 amide bonds. The van der Waals surface area contributed by atoms with Gasteiger partial charge < -0.3 is 20.1 Å². The van der Waals surface area contributed by atoms with E-state index in [4.69, 9.17) is 9.84 Å². The van der Waals surface area contributed by atoms with Crippen molar-refractivity contribution < 1.29 is 24.2 Å². The quantitative estimate of drug-likeness (QED) is 0.686. The summed E-state index contributed by atoms with van der Waals surface area (Å²) in [6.07, 6.45) is 1.99. The molecule has 6 rings (SSSR count). The van der Waals surface area contributed by atoms with Gasteiger partial charge >= 0.3 is 12.1 Å². The Kier molecular flexibility index (Phi) is 4.90. The lowest BCUT2D eigenvalue weighted by Gasteiger charge is -2.40. The van der Waals surface area contributed by atoms with E-state index < -0.39 is 12.1 Å². The fraction of sp³-hybridized carbons (Fsp3) is 0.444. The van der Waals surface area contributed by atoms with Gasteiger partial charge in [0, 0.05) is 31.0 Å². The molecule has 2 N–H and O–H groups in total. The number of rotatable bonds is 6. The van der Waals surface area contributed by atoms with E-state index in [0.717, 1.165) is 12.8 Å². The third-order valence-electron chi connectivity index (χ3n) is 8.21. The molecule has 0 aromatic heterocycles. The summed E-state index contributed by atoms with van der Waals surface area (Å²) in [6.45, 7) is 1.34. The summed E-state index contributed by atoms with van der Waals surface area (Å²) in [5.41, 5.74) is 4.38. The molecule has 176 valence electrons. The second-order valence-electron chi connectivity index (χ2n) is 10.3. The third kappa shape index (κ3) is 3.45. The molecule has 2 aromatic rings. The number of hydrogen-bond donors (Lipinski definition) is 2. The van der Waals surface area contributed by atoms with Crippen LogP contribution in [0.4, 0.5) is 4.79 Å². The highest BCUT2D eigenvalue weighted by atomic mass is 16.5. The monoisotopic (exact) mass is 460 g/mol. The van der Waals surface area contributed by atoms with Gasteiger partial charge in [0.2, 0.25) is 5.91 Å². The number of carboxylic acids is 1. The summed E-state index contributed by atoms with van der Waals surface area (Å²) in [4.78, 5) is 38.3. The Labute approximate surface area is 198 Å². The maximum Gasteiger partial charge on any atom is 0.407 e. The minimum absolute atomic E-state index is 0.0215. The van der Waals surface area contributed by atoms with Crippen LogP contribution in [0.1, 0.15) is 42.7 Å². The van der Waals surface area contributed by atoms with Crippen LogP contribution in [-0.2, 0) is 14.3 Å². The lowest BCUT2D eigenvalue weighted by atomic mass is 9.92. The minimum atomic E-state index is -0.812.